The number of carbonyl (C=O) groups is 1. The van der Waals surface area contributed by atoms with Gasteiger partial charge in [0.05, 0.1) is 0 Å². The van der Waals surface area contributed by atoms with Crippen LogP contribution in [0.25, 0.3) is 0 Å². The Balaban J connectivity index is 2.65. The van der Waals surface area contributed by atoms with Crippen LogP contribution in [0.4, 0.5) is 0 Å². The van der Waals surface area contributed by atoms with Crippen molar-refractivity contribution in [3.63, 3.8) is 0 Å². The van der Waals surface area contributed by atoms with E-state index in [1.165, 1.54) is 19.3 Å². The first kappa shape index (κ1) is 11.5. The first-order valence-corrected chi connectivity index (χ1v) is 5.53. The van der Waals surface area contributed by atoms with Gasteiger partial charge in [-0.2, -0.15) is 0 Å². The van der Waals surface area contributed by atoms with Crippen molar-refractivity contribution in [2.24, 2.45) is 5.41 Å². The Morgan fingerprint density at radius 2 is 1.86 bits per heavy atom. The molecule has 0 aliphatic heterocycles. The highest BCUT2D eigenvalue weighted by Gasteiger charge is 2.37. The van der Waals surface area contributed by atoms with Gasteiger partial charge in [0.15, 0.2) is 0 Å². The van der Waals surface area contributed by atoms with Crippen LogP contribution in [-0.2, 0) is 4.79 Å². The molecular weight excluding hydrogens is 174 g/mol. The van der Waals surface area contributed by atoms with E-state index in [1.807, 2.05) is 4.90 Å². The summed E-state index contributed by atoms with van der Waals surface area (Å²) < 4.78 is 0. The Bertz CT molecular complexity index is 223. The molecule has 0 radical (unpaired) electrons. The molecule has 2 nitrogen and oxygen atoms in total. The van der Waals surface area contributed by atoms with E-state index in [1.54, 1.807) is 6.92 Å². The zero-order valence-electron chi connectivity index (χ0n) is 10.2. The highest BCUT2D eigenvalue weighted by Crippen LogP contribution is 2.41. The molecule has 0 unspecified atom stereocenters. The highest BCUT2D eigenvalue weighted by molar-refractivity contribution is 5.74. The average Bonchev–Trinajstić information content (AvgIpc) is 1.93. The van der Waals surface area contributed by atoms with E-state index < -0.39 is 0 Å². The lowest BCUT2D eigenvalue weighted by Gasteiger charge is -2.46. The van der Waals surface area contributed by atoms with Crippen molar-refractivity contribution < 1.29 is 4.79 Å². The smallest absolute Gasteiger partial charge is 0.219 e. The van der Waals surface area contributed by atoms with Crippen molar-refractivity contribution in [3.8, 4) is 0 Å². The van der Waals surface area contributed by atoms with Crippen LogP contribution in [0.5, 0.6) is 0 Å². The van der Waals surface area contributed by atoms with Crippen molar-refractivity contribution in [2.75, 3.05) is 6.54 Å². The van der Waals surface area contributed by atoms with E-state index in [0.717, 1.165) is 6.54 Å². The summed E-state index contributed by atoms with van der Waals surface area (Å²) in [6, 6.07) is 0. The first-order chi connectivity index (χ1) is 6.25. The molecule has 2 heteroatoms. The van der Waals surface area contributed by atoms with Gasteiger partial charge in [-0.15, -0.1) is 0 Å². The van der Waals surface area contributed by atoms with Gasteiger partial charge in [-0.25, -0.2) is 0 Å². The van der Waals surface area contributed by atoms with Gasteiger partial charge < -0.3 is 4.90 Å². The number of nitrogens with zero attached hydrogens (tertiary/aromatic N) is 1. The third-order valence-electron chi connectivity index (χ3n) is 3.29. The van der Waals surface area contributed by atoms with Crippen molar-refractivity contribution in [1.82, 2.24) is 4.90 Å². The molecule has 0 N–H and O–H groups in total. The van der Waals surface area contributed by atoms with Crippen molar-refractivity contribution in [2.45, 2.75) is 59.4 Å². The summed E-state index contributed by atoms with van der Waals surface area (Å²) in [5.41, 5.74) is 0.351. The maximum Gasteiger partial charge on any atom is 0.219 e. The zero-order chi connectivity index (χ0) is 11.0. The summed E-state index contributed by atoms with van der Waals surface area (Å²) in [4.78, 5) is 13.5. The molecule has 0 bridgehead atoms. The molecule has 0 saturated heterocycles. The minimum atomic E-state index is -0.0373. The van der Waals surface area contributed by atoms with E-state index in [2.05, 4.69) is 27.7 Å². The SMILES string of the molecule is CC(=O)N(CC1(C)CCC1)C(C)(C)C. The van der Waals surface area contributed by atoms with Crippen LogP contribution in [0.15, 0.2) is 0 Å². The molecule has 1 aliphatic rings. The molecule has 1 aliphatic carbocycles. The normalized spacial score (nSPS) is 20.1. The summed E-state index contributed by atoms with van der Waals surface area (Å²) in [5.74, 6) is 0.200. The maximum absolute atomic E-state index is 11.5. The van der Waals surface area contributed by atoms with E-state index in [9.17, 15) is 4.79 Å². The quantitative estimate of drug-likeness (QED) is 0.666. The van der Waals surface area contributed by atoms with Crippen LogP contribution in [0.3, 0.4) is 0 Å². The molecule has 1 rings (SSSR count). The Labute approximate surface area is 87.7 Å². The first-order valence-electron chi connectivity index (χ1n) is 5.53. The van der Waals surface area contributed by atoms with E-state index >= 15 is 0 Å². The van der Waals surface area contributed by atoms with E-state index in [-0.39, 0.29) is 11.4 Å². The molecule has 1 fully saturated rings. The van der Waals surface area contributed by atoms with Gasteiger partial charge in [-0.1, -0.05) is 13.3 Å². The minimum Gasteiger partial charge on any atom is -0.338 e. The minimum absolute atomic E-state index is 0.0373. The van der Waals surface area contributed by atoms with Gasteiger partial charge in [-0.3, -0.25) is 4.79 Å². The van der Waals surface area contributed by atoms with Gasteiger partial charge in [0, 0.05) is 19.0 Å². The molecular formula is C12H23NO. The summed E-state index contributed by atoms with van der Waals surface area (Å²) in [5, 5.41) is 0. The fourth-order valence-electron chi connectivity index (χ4n) is 2.14. The monoisotopic (exact) mass is 197 g/mol. The molecule has 0 aromatic carbocycles. The zero-order valence-corrected chi connectivity index (χ0v) is 10.2. The van der Waals surface area contributed by atoms with Crippen LogP contribution >= 0.6 is 0 Å². The Kier molecular flexibility index (Phi) is 2.93. The summed E-state index contributed by atoms with van der Waals surface area (Å²) in [6.45, 7) is 11.2. The fraction of sp³-hybridized carbons (Fsp3) is 0.917. The predicted octanol–water partition coefficient (Wildman–Crippen LogP) is 2.82. The second-order valence-corrected chi connectivity index (χ2v) is 5.94. The van der Waals surface area contributed by atoms with E-state index in [0.29, 0.717) is 5.41 Å². The molecule has 0 atom stereocenters. The van der Waals surface area contributed by atoms with Crippen LogP contribution in [0.1, 0.15) is 53.9 Å². The second-order valence-electron chi connectivity index (χ2n) is 5.94. The van der Waals surface area contributed by atoms with Crippen LogP contribution in [0, 0.1) is 5.41 Å². The summed E-state index contributed by atoms with van der Waals surface area (Å²) in [6.07, 6.45) is 3.87. The third kappa shape index (κ3) is 2.49. The molecule has 1 saturated carbocycles. The lowest BCUT2D eigenvalue weighted by atomic mass is 9.70. The largest absolute Gasteiger partial charge is 0.338 e. The second kappa shape index (κ2) is 3.56. The van der Waals surface area contributed by atoms with Crippen molar-refractivity contribution >= 4 is 5.91 Å². The standard InChI is InChI=1S/C12H23NO/c1-10(14)13(11(2,3)4)9-12(5)7-6-8-12/h6-9H2,1-5H3. The van der Waals surface area contributed by atoms with Crippen LogP contribution < -0.4 is 0 Å². The molecule has 0 spiro atoms. The molecule has 0 heterocycles. The maximum atomic E-state index is 11.5. The average molecular weight is 197 g/mol. The van der Waals surface area contributed by atoms with Crippen LogP contribution in [-0.4, -0.2) is 22.9 Å². The topological polar surface area (TPSA) is 20.3 Å². The Morgan fingerprint density at radius 3 is 2.07 bits per heavy atom. The number of rotatable bonds is 2. The molecule has 0 aromatic heterocycles. The molecule has 14 heavy (non-hydrogen) atoms. The predicted molar refractivity (Wildman–Crippen MR) is 59.1 cm³/mol. The van der Waals surface area contributed by atoms with E-state index in [4.69, 9.17) is 0 Å². The lowest BCUT2D eigenvalue weighted by molar-refractivity contribution is -0.136. The number of amides is 1. The molecule has 0 aromatic rings. The van der Waals surface area contributed by atoms with Crippen molar-refractivity contribution in [3.05, 3.63) is 0 Å². The molecule has 82 valence electrons. The lowest BCUT2D eigenvalue weighted by Crippen LogP contribution is -2.51. The van der Waals surface area contributed by atoms with Gasteiger partial charge in [0.1, 0.15) is 0 Å². The molecule has 1 amide bonds. The number of carbonyl (C=O) groups excluding carboxylic acids is 1. The van der Waals surface area contributed by atoms with Gasteiger partial charge in [0.25, 0.3) is 0 Å². The number of hydrogen-bond acceptors (Lipinski definition) is 1. The highest BCUT2D eigenvalue weighted by atomic mass is 16.2. The van der Waals surface area contributed by atoms with Crippen LogP contribution in [0.2, 0.25) is 0 Å². The van der Waals surface area contributed by atoms with Gasteiger partial charge >= 0.3 is 0 Å². The summed E-state index contributed by atoms with van der Waals surface area (Å²) >= 11 is 0. The van der Waals surface area contributed by atoms with Gasteiger partial charge in [-0.05, 0) is 39.0 Å². The third-order valence-corrected chi connectivity index (χ3v) is 3.29. The fourth-order valence-corrected chi connectivity index (χ4v) is 2.14. The number of hydrogen-bond donors (Lipinski definition) is 0. The Hall–Kier alpha value is -0.530. The summed E-state index contributed by atoms with van der Waals surface area (Å²) in [7, 11) is 0. The Morgan fingerprint density at radius 1 is 1.36 bits per heavy atom. The van der Waals surface area contributed by atoms with Gasteiger partial charge in [0.2, 0.25) is 5.91 Å². The van der Waals surface area contributed by atoms with Crippen molar-refractivity contribution in [1.29, 1.82) is 0 Å².